The van der Waals surface area contributed by atoms with E-state index in [-0.39, 0.29) is 6.10 Å². The Morgan fingerprint density at radius 2 is 1.47 bits per heavy atom. The van der Waals surface area contributed by atoms with Crippen molar-refractivity contribution >= 4 is 0 Å². The molecule has 1 aliphatic heterocycles. The molecule has 1 saturated heterocycles. The van der Waals surface area contributed by atoms with Crippen LogP contribution in [0.2, 0.25) is 0 Å². The third-order valence-corrected chi connectivity index (χ3v) is 6.41. The zero-order valence-electron chi connectivity index (χ0n) is 19.0. The van der Waals surface area contributed by atoms with Crippen molar-refractivity contribution < 1.29 is 4.74 Å². The van der Waals surface area contributed by atoms with Crippen LogP contribution in [0, 0.1) is 0 Å². The van der Waals surface area contributed by atoms with Gasteiger partial charge < -0.3 is 10.1 Å². The zero-order chi connectivity index (χ0) is 21.8. The van der Waals surface area contributed by atoms with Crippen molar-refractivity contribution in [1.29, 1.82) is 0 Å². The molecule has 0 bridgehead atoms. The van der Waals surface area contributed by atoms with Gasteiger partial charge in [0.15, 0.2) is 0 Å². The van der Waals surface area contributed by atoms with E-state index in [0.717, 1.165) is 32.7 Å². The SMILES string of the molecule is c1ccc(CCCNC[C@H]2CCCN2CCOC(c2ccccc2)c2ccccc2)cc1. The minimum Gasteiger partial charge on any atom is -0.367 e. The number of rotatable bonds is 12. The van der Waals surface area contributed by atoms with Crippen molar-refractivity contribution in [2.24, 2.45) is 0 Å². The maximum Gasteiger partial charge on any atom is 0.108 e. The van der Waals surface area contributed by atoms with Crippen LogP contribution in [0.3, 0.4) is 0 Å². The first kappa shape index (κ1) is 22.7. The third kappa shape index (κ3) is 6.77. The van der Waals surface area contributed by atoms with Crippen molar-refractivity contribution in [1.82, 2.24) is 10.2 Å². The van der Waals surface area contributed by atoms with Crippen molar-refractivity contribution in [3.8, 4) is 0 Å². The number of likely N-dealkylation sites (tertiary alicyclic amines) is 1. The fraction of sp³-hybridized carbons (Fsp3) is 0.379. The molecule has 0 amide bonds. The Kier molecular flexibility index (Phi) is 8.91. The number of nitrogens with zero attached hydrogens (tertiary/aromatic N) is 1. The molecule has 4 rings (SSSR count). The van der Waals surface area contributed by atoms with Crippen molar-refractivity contribution in [2.75, 3.05) is 32.8 Å². The van der Waals surface area contributed by atoms with Crippen LogP contribution in [-0.4, -0.2) is 43.7 Å². The summed E-state index contributed by atoms with van der Waals surface area (Å²) in [6.45, 7) is 5.09. The summed E-state index contributed by atoms with van der Waals surface area (Å²) in [5.41, 5.74) is 3.87. The minimum absolute atomic E-state index is 0.00503. The second-order valence-corrected chi connectivity index (χ2v) is 8.70. The van der Waals surface area contributed by atoms with Gasteiger partial charge in [-0.1, -0.05) is 91.0 Å². The number of ether oxygens (including phenoxy) is 1. The lowest BCUT2D eigenvalue weighted by Crippen LogP contribution is -2.40. The van der Waals surface area contributed by atoms with E-state index >= 15 is 0 Å². The number of aryl methyl sites for hydroxylation is 1. The van der Waals surface area contributed by atoms with Gasteiger partial charge in [0.05, 0.1) is 6.61 Å². The average Bonchev–Trinajstić information content (AvgIpc) is 3.30. The van der Waals surface area contributed by atoms with Gasteiger partial charge in [0.2, 0.25) is 0 Å². The molecule has 3 aromatic carbocycles. The first-order valence-electron chi connectivity index (χ1n) is 12.1. The van der Waals surface area contributed by atoms with Gasteiger partial charge in [0, 0.05) is 19.1 Å². The summed E-state index contributed by atoms with van der Waals surface area (Å²) < 4.78 is 6.45. The number of hydrogen-bond donors (Lipinski definition) is 1. The molecular formula is C29H36N2O. The molecule has 1 N–H and O–H groups in total. The summed E-state index contributed by atoms with van der Waals surface area (Å²) in [5.74, 6) is 0. The molecule has 1 atom stereocenters. The highest BCUT2D eigenvalue weighted by Crippen LogP contribution is 2.26. The van der Waals surface area contributed by atoms with E-state index in [2.05, 4.69) is 101 Å². The van der Waals surface area contributed by atoms with E-state index in [0.29, 0.717) is 6.04 Å². The lowest BCUT2D eigenvalue weighted by Gasteiger charge is -2.26. The van der Waals surface area contributed by atoms with Crippen LogP contribution in [0.25, 0.3) is 0 Å². The average molecular weight is 429 g/mol. The predicted molar refractivity (Wildman–Crippen MR) is 133 cm³/mol. The van der Waals surface area contributed by atoms with Crippen LogP contribution >= 0.6 is 0 Å². The van der Waals surface area contributed by atoms with Crippen molar-refractivity contribution in [3.05, 3.63) is 108 Å². The zero-order valence-corrected chi connectivity index (χ0v) is 19.0. The monoisotopic (exact) mass is 428 g/mol. The maximum atomic E-state index is 6.45. The summed E-state index contributed by atoms with van der Waals surface area (Å²) in [6, 6.07) is 32.5. The highest BCUT2D eigenvalue weighted by molar-refractivity contribution is 5.29. The molecule has 0 spiro atoms. The Balaban J connectivity index is 1.21. The van der Waals surface area contributed by atoms with Crippen LogP contribution in [0.4, 0.5) is 0 Å². The van der Waals surface area contributed by atoms with Gasteiger partial charge in [-0.3, -0.25) is 4.90 Å². The predicted octanol–water partition coefficient (Wildman–Crippen LogP) is 5.48. The Hall–Kier alpha value is -2.46. The van der Waals surface area contributed by atoms with Gasteiger partial charge in [-0.2, -0.15) is 0 Å². The fourth-order valence-electron chi connectivity index (χ4n) is 4.68. The summed E-state index contributed by atoms with van der Waals surface area (Å²) in [4.78, 5) is 2.61. The van der Waals surface area contributed by atoms with Crippen molar-refractivity contribution in [2.45, 2.75) is 37.8 Å². The number of hydrogen-bond acceptors (Lipinski definition) is 3. The Morgan fingerprint density at radius 1 is 0.844 bits per heavy atom. The largest absolute Gasteiger partial charge is 0.367 e. The van der Waals surface area contributed by atoms with Gasteiger partial charge >= 0.3 is 0 Å². The van der Waals surface area contributed by atoms with E-state index < -0.39 is 0 Å². The molecule has 3 nitrogen and oxygen atoms in total. The topological polar surface area (TPSA) is 24.5 Å². The second-order valence-electron chi connectivity index (χ2n) is 8.70. The van der Waals surface area contributed by atoms with Crippen LogP contribution in [0.15, 0.2) is 91.0 Å². The van der Waals surface area contributed by atoms with Crippen LogP contribution in [0.1, 0.15) is 42.1 Å². The molecule has 168 valence electrons. The minimum atomic E-state index is -0.00503. The lowest BCUT2D eigenvalue weighted by atomic mass is 10.0. The first-order chi connectivity index (χ1) is 15.9. The smallest absolute Gasteiger partial charge is 0.108 e. The van der Waals surface area contributed by atoms with E-state index in [1.807, 2.05) is 0 Å². The van der Waals surface area contributed by atoms with E-state index in [4.69, 9.17) is 4.74 Å². The summed E-state index contributed by atoms with van der Waals surface area (Å²) in [5, 5.41) is 3.70. The Bertz CT molecular complexity index is 845. The Morgan fingerprint density at radius 3 is 2.12 bits per heavy atom. The van der Waals surface area contributed by atoms with E-state index in [1.54, 1.807) is 0 Å². The fourth-order valence-corrected chi connectivity index (χ4v) is 4.68. The molecule has 32 heavy (non-hydrogen) atoms. The summed E-state index contributed by atoms with van der Waals surface area (Å²) in [7, 11) is 0. The van der Waals surface area contributed by atoms with Crippen molar-refractivity contribution in [3.63, 3.8) is 0 Å². The van der Waals surface area contributed by atoms with Crippen LogP contribution in [-0.2, 0) is 11.2 Å². The molecule has 1 aliphatic rings. The van der Waals surface area contributed by atoms with Gasteiger partial charge in [0.1, 0.15) is 6.10 Å². The molecular weight excluding hydrogens is 392 g/mol. The third-order valence-electron chi connectivity index (χ3n) is 6.41. The lowest BCUT2D eigenvalue weighted by molar-refractivity contribution is 0.0571. The van der Waals surface area contributed by atoms with Crippen LogP contribution < -0.4 is 5.32 Å². The highest BCUT2D eigenvalue weighted by Gasteiger charge is 2.24. The summed E-state index contributed by atoms with van der Waals surface area (Å²) in [6.07, 6.45) is 4.91. The normalized spacial score (nSPS) is 16.6. The van der Waals surface area contributed by atoms with Gasteiger partial charge in [0.25, 0.3) is 0 Å². The Labute approximate surface area is 193 Å². The first-order valence-corrected chi connectivity index (χ1v) is 12.1. The number of benzene rings is 3. The standard InChI is InChI=1S/C29H36N2O/c1-4-12-25(13-5-1)14-10-20-30-24-28-19-11-21-31(28)22-23-32-29(26-15-6-2-7-16-26)27-17-8-3-9-18-27/h1-9,12-13,15-18,28-30H,10-11,14,19-24H2/t28-/m1/s1. The molecule has 1 heterocycles. The van der Waals surface area contributed by atoms with Gasteiger partial charge in [-0.05, 0) is 55.5 Å². The van der Waals surface area contributed by atoms with Crippen LogP contribution in [0.5, 0.6) is 0 Å². The molecule has 3 heteroatoms. The van der Waals surface area contributed by atoms with Gasteiger partial charge in [-0.25, -0.2) is 0 Å². The maximum absolute atomic E-state index is 6.45. The molecule has 1 fully saturated rings. The molecule has 0 saturated carbocycles. The second kappa shape index (κ2) is 12.5. The van der Waals surface area contributed by atoms with E-state index in [9.17, 15) is 0 Å². The molecule has 0 aliphatic carbocycles. The highest BCUT2D eigenvalue weighted by atomic mass is 16.5. The van der Waals surface area contributed by atoms with Gasteiger partial charge in [-0.15, -0.1) is 0 Å². The molecule has 3 aromatic rings. The molecule has 0 aromatic heterocycles. The summed E-state index contributed by atoms with van der Waals surface area (Å²) >= 11 is 0. The quantitative estimate of drug-likeness (QED) is 0.387. The van der Waals surface area contributed by atoms with E-state index in [1.165, 1.54) is 42.5 Å². The molecule has 0 unspecified atom stereocenters. The number of nitrogens with one attached hydrogen (secondary N) is 1. The molecule has 0 radical (unpaired) electrons.